The van der Waals surface area contributed by atoms with Crippen LogP contribution in [-0.2, 0) is 24.4 Å². The van der Waals surface area contributed by atoms with E-state index < -0.39 is 0 Å². The molecule has 5 heteroatoms. The van der Waals surface area contributed by atoms with Crippen molar-refractivity contribution in [2.24, 2.45) is 5.92 Å². The lowest BCUT2D eigenvalue weighted by atomic mass is 9.95. The molecule has 5 nitrogen and oxygen atoms in total. The fourth-order valence-electron chi connectivity index (χ4n) is 3.87. The van der Waals surface area contributed by atoms with Crippen molar-refractivity contribution in [3.63, 3.8) is 0 Å². The third kappa shape index (κ3) is 3.58. The minimum absolute atomic E-state index is 0.386. The van der Waals surface area contributed by atoms with Gasteiger partial charge in [0.2, 0.25) is 0 Å². The summed E-state index contributed by atoms with van der Waals surface area (Å²) in [5.74, 6) is 2.17. The Bertz CT molecular complexity index is 723. The number of para-hydroxylation sites is 1. The smallest absolute Gasteiger partial charge is 0.123 e. The number of aromatic nitrogens is 2. The summed E-state index contributed by atoms with van der Waals surface area (Å²) >= 11 is 0. The Labute approximate surface area is 149 Å². The standard InChI is InChI=1S/C20H27N3O2/c1-24-14-17-12-22(11-16-5-3-4-6-20(16)25-2)13-19-18(17)9-21-23(19)10-15-7-8-15/h3-6,9,15,17H,7-8,10-14H2,1-2H3/t17-/m1/s1. The van der Waals surface area contributed by atoms with Crippen LogP contribution in [0, 0.1) is 5.92 Å². The predicted molar refractivity (Wildman–Crippen MR) is 96.7 cm³/mol. The van der Waals surface area contributed by atoms with Crippen LogP contribution in [-0.4, -0.2) is 42.1 Å². The van der Waals surface area contributed by atoms with Crippen LogP contribution < -0.4 is 4.74 Å². The van der Waals surface area contributed by atoms with Crippen LogP contribution in [0.5, 0.6) is 5.75 Å². The summed E-state index contributed by atoms with van der Waals surface area (Å²) in [4.78, 5) is 2.49. The van der Waals surface area contributed by atoms with Crippen molar-refractivity contribution in [2.75, 3.05) is 27.4 Å². The van der Waals surface area contributed by atoms with Crippen molar-refractivity contribution in [1.29, 1.82) is 0 Å². The van der Waals surface area contributed by atoms with E-state index in [1.54, 1.807) is 14.2 Å². The van der Waals surface area contributed by atoms with Crippen molar-refractivity contribution < 1.29 is 9.47 Å². The number of benzene rings is 1. The second kappa shape index (κ2) is 7.18. The molecule has 134 valence electrons. The minimum Gasteiger partial charge on any atom is -0.496 e. The average molecular weight is 341 g/mol. The molecule has 0 bridgehead atoms. The number of methoxy groups -OCH3 is 2. The first-order valence-electron chi connectivity index (χ1n) is 9.16. The fourth-order valence-corrected chi connectivity index (χ4v) is 3.87. The van der Waals surface area contributed by atoms with E-state index in [4.69, 9.17) is 14.6 Å². The highest BCUT2D eigenvalue weighted by atomic mass is 16.5. The average Bonchev–Trinajstić information content (AvgIpc) is 3.35. The van der Waals surface area contributed by atoms with Crippen molar-refractivity contribution in [2.45, 2.75) is 38.4 Å². The molecule has 25 heavy (non-hydrogen) atoms. The highest BCUT2D eigenvalue weighted by Gasteiger charge is 2.31. The van der Waals surface area contributed by atoms with Gasteiger partial charge in [-0.25, -0.2) is 0 Å². The van der Waals surface area contributed by atoms with E-state index in [-0.39, 0.29) is 0 Å². The van der Waals surface area contributed by atoms with E-state index in [1.807, 2.05) is 12.1 Å². The van der Waals surface area contributed by atoms with Crippen LogP contribution in [0.2, 0.25) is 0 Å². The quantitative estimate of drug-likeness (QED) is 0.776. The largest absolute Gasteiger partial charge is 0.496 e. The van der Waals surface area contributed by atoms with E-state index in [9.17, 15) is 0 Å². The lowest BCUT2D eigenvalue weighted by Gasteiger charge is -2.33. The lowest BCUT2D eigenvalue weighted by molar-refractivity contribution is 0.133. The zero-order chi connectivity index (χ0) is 17.2. The second-order valence-electron chi connectivity index (χ2n) is 7.31. The molecule has 2 heterocycles. The van der Waals surface area contributed by atoms with Crippen LogP contribution in [0.25, 0.3) is 0 Å². The molecule has 1 aliphatic carbocycles. The van der Waals surface area contributed by atoms with Crippen molar-refractivity contribution in [3.05, 3.63) is 47.3 Å². The van der Waals surface area contributed by atoms with Gasteiger partial charge in [0.05, 0.1) is 25.6 Å². The summed E-state index contributed by atoms with van der Waals surface area (Å²) in [5, 5.41) is 4.70. The maximum atomic E-state index is 5.53. The topological polar surface area (TPSA) is 39.5 Å². The Morgan fingerprint density at radius 1 is 1.20 bits per heavy atom. The Morgan fingerprint density at radius 3 is 2.80 bits per heavy atom. The van der Waals surface area contributed by atoms with E-state index in [1.165, 1.54) is 29.7 Å². The molecule has 1 aromatic heterocycles. The number of rotatable bonds is 7. The number of hydrogen-bond acceptors (Lipinski definition) is 4. The van der Waals surface area contributed by atoms with Gasteiger partial charge in [0, 0.05) is 50.3 Å². The maximum absolute atomic E-state index is 5.53. The van der Waals surface area contributed by atoms with E-state index in [0.717, 1.165) is 44.5 Å². The first kappa shape index (κ1) is 16.6. The maximum Gasteiger partial charge on any atom is 0.123 e. The van der Waals surface area contributed by atoms with Gasteiger partial charge in [-0.15, -0.1) is 0 Å². The molecule has 4 rings (SSSR count). The summed E-state index contributed by atoms with van der Waals surface area (Å²) in [6, 6.07) is 8.29. The molecular weight excluding hydrogens is 314 g/mol. The van der Waals surface area contributed by atoms with Crippen molar-refractivity contribution in [3.8, 4) is 5.75 Å². The van der Waals surface area contributed by atoms with Crippen molar-refractivity contribution >= 4 is 0 Å². The molecule has 1 aromatic carbocycles. The Hall–Kier alpha value is -1.85. The number of ether oxygens (including phenoxy) is 2. The summed E-state index contributed by atoms with van der Waals surface area (Å²) in [6.45, 7) is 4.63. The van der Waals surface area contributed by atoms with Gasteiger partial charge in [0.15, 0.2) is 0 Å². The molecule has 0 unspecified atom stereocenters. The molecule has 1 aliphatic heterocycles. The van der Waals surface area contributed by atoms with Crippen LogP contribution in [0.3, 0.4) is 0 Å². The molecule has 1 fully saturated rings. The Balaban J connectivity index is 1.57. The first-order valence-corrected chi connectivity index (χ1v) is 9.16. The predicted octanol–water partition coefficient (Wildman–Crippen LogP) is 3.05. The molecule has 0 radical (unpaired) electrons. The third-order valence-corrected chi connectivity index (χ3v) is 5.36. The fraction of sp³-hybridized carbons (Fsp3) is 0.550. The van der Waals surface area contributed by atoms with Crippen molar-refractivity contribution in [1.82, 2.24) is 14.7 Å². The van der Waals surface area contributed by atoms with Crippen LogP contribution in [0.1, 0.15) is 35.6 Å². The second-order valence-corrected chi connectivity index (χ2v) is 7.31. The van der Waals surface area contributed by atoms with Crippen LogP contribution >= 0.6 is 0 Å². The normalized spacial score (nSPS) is 20.5. The third-order valence-electron chi connectivity index (χ3n) is 5.36. The SMILES string of the molecule is COC[C@H]1CN(Cc2ccccc2OC)Cc2c1cnn2CC1CC1. The van der Waals surface area contributed by atoms with E-state index in [2.05, 4.69) is 27.9 Å². The monoisotopic (exact) mass is 341 g/mol. The Kier molecular flexibility index (Phi) is 4.77. The van der Waals surface area contributed by atoms with Crippen LogP contribution in [0.4, 0.5) is 0 Å². The zero-order valence-corrected chi connectivity index (χ0v) is 15.1. The van der Waals surface area contributed by atoms with Gasteiger partial charge in [-0.3, -0.25) is 9.58 Å². The van der Waals surface area contributed by atoms with Gasteiger partial charge in [-0.05, 0) is 24.8 Å². The van der Waals surface area contributed by atoms with Crippen LogP contribution in [0.15, 0.2) is 30.5 Å². The van der Waals surface area contributed by atoms with E-state index >= 15 is 0 Å². The van der Waals surface area contributed by atoms with Gasteiger partial charge >= 0.3 is 0 Å². The molecule has 2 aromatic rings. The Morgan fingerprint density at radius 2 is 2.04 bits per heavy atom. The highest BCUT2D eigenvalue weighted by molar-refractivity contribution is 5.34. The summed E-state index contributed by atoms with van der Waals surface area (Å²) in [7, 11) is 3.53. The van der Waals surface area contributed by atoms with Gasteiger partial charge in [0.1, 0.15) is 5.75 Å². The molecular formula is C20H27N3O2. The summed E-state index contributed by atoms with van der Waals surface area (Å²) < 4.78 is 13.3. The zero-order valence-electron chi connectivity index (χ0n) is 15.1. The van der Waals surface area contributed by atoms with Gasteiger partial charge in [0.25, 0.3) is 0 Å². The van der Waals surface area contributed by atoms with Gasteiger partial charge in [-0.1, -0.05) is 18.2 Å². The number of fused-ring (bicyclic) bond motifs is 1. The first-order chi connectivity index (χ1) is 12.3. The van der Waals surface area contributed by atoms with Gasteiger partial charge in [-0.2, -0.15) is 5.10 Å². The number of hydrogen-bond donors (Lipinski definition) is 0. The molecule has 0 amide bonds. The molecule has 1 atom stereocenters. The number of nitrogens with zero attached hydrogens (tertiary/aromatic N) is 3. The van der Waals surface area contributed by atoms with E-state index in [0.29, 0.717) is 5.92 Å². The molecule has 0 N–H and O–H groups in total. The molecule has 0 saturated heterocycles. The molecule has 2 aliphatic rings. The lowest BCUT2D eigenvalue weighted by Crippen LogP contribution is -2.35. The molecule has 0 spiro atoms. The molecule has 1 saturated carbocycles. The highest BCUT2D eigenvalue weighted by Crippen LogP contribution is 2.34. The minimum atomic E-state index is 0.386. The summed E-state index contributed by atoms with van der Waals surface area (Å²) in [5.41, 5.74) is 3.98. The van der Waals surface area contributed by atoms with Gasteiger partial charge < -0.3 is 9.47 Å². The summed E-state index contributed by atoms with van der Waals surface area (Å²) in [6.07, 6.45) is 4.77.